The van der Waals surface area contributed by atoms with Crippen molar-refractivity contribution in [3.05, 3.63) is 0 Å². The molecule has 0 spiro atoms. The van der Waals surface area contributed by atoms with Gasteiger partial charge in [0.1, 0.15) is 0 Å². The molecule has 0 aromatic rings. The third-order valence-corrected chi connectivity index (χ3v) is 4.75. The standard InChI is InChI=1S/C16H29NO3/c1-15(2)10-12(14(18)19)11-16(3,4)17(15)20-13-8-6-5-7-9-13/h12-13H,5-11H2,1-4H3,(H,18,19). The lowest BCUT2D eigenvalue weighted by molar-refractivity contribution is -0.313. The SMILES string of the molecule is CC1(C)CC(C(=O)O)CC(C)(C)N1OC1CCCCC1. The average Bonchev–Trinajstić information content (AvgIpc) is 2.34. The molecule has 4 nitrogen and oxygen atoms in total. The van der Waals surface area contributed by atoms with E-state index < -0.39 is 5.97 Å². The van der Waals surface area contributed by atoms with Gasteiger partial charge in [0.05, 0.1) is 12.0 Å². The van der Waals surface area contributed by atoms with Crippen molar-refractivity contribution < 1.29 is 14.7 Å². The summed E-state index contributed by atoms with van der Waals surface area (Å²) in [6.45, 7) is 8.42. The van der Waals surface area contributed by atoms with Crippen LogP contribution < -0.4 is 0 Å². The minimum Gasteiger partial charge on any atom is -0.481 e. The van der Waals surface area contributed by atoms with Crippen LogP contribution in [0.25, 0.3) is 0 Å². The fourth-order valence-electron chi connectivity index (χ4n) is 4.04. The van der Waals surface area contributed by atoms with Gasteiger partial charge in [-0.15, -0.1) is 0 Å². The van der Waals surface area contributed by atoms with E-state index in [1.165, 1.54) is 19.3 Å². The van der Waals surface area contributed by atoms with Crippen LogP contribution in [0, 0.1) is 5.92 Å². The first-order chi connectivity index (χ1) is 9.22. The number of hydrogen-bond donors (Lipinski definition) is 1. The Hall–Kier alpha value is -0.610. The Bertz CT molecular complexity index is 341. The van der Waals surface area contributed by atoms with Crippen LogP contribution in [0.2, 0.25) is 0 Å². The van der Waals surface area contributed by atoms with E-state index in [4.69, 9.17) is 4.84 Å². The summed E-state index contributed by atoms with van der Waals surface area (Å²) in [5.41, 5.74) is -0.468. The summed E-state index contributed by atoms with van der Waals surface area (Å²) in [4.78, 5) is 17.7. The van der Waals surface area contributed by atoms with Crippen LogP contribution in [0.5, 0.6) is 0 Å². The van der Waals surface area contributed by atoms with E-state index in [1.807, 2.05) is 0 Å². The van der Waals surface area contributed by atoms with Gasteiger partial charge in [-0.3, -0.25) is 9.63 Å². The molecule has 2 rings (SSSR count). The van der Waals surface area contributed by atoms with Gasteiger partial charge in [0.15, 0.2) is 0 Å². The average molecular weight is 283 g/mol. The molecule has 0 amide bonds. The minimum atomic E-state index is -0.677. The van der Waals surface area contributed by atoms with Crippen molar-refractivity contribution in [2.45, 2.75) is 89.8 Å². The summed E-state index contributed by atoms with van der Waals surface area (Å²) < 4.78 is 0. The van der Waals surface area contributed by atoms with Crippen LogP contribution in [0.4, 0.5) is 0 Å². The first kappa shape index (κ1) is 15.8. The molecule has 2 fully saturated rings. The van der Waals surface area contributed by atoms with E-state index in [0.717, 1.165) is 12.8 Å². The largest absolute Gasteiger partial charge is 0.481 e. The summed E-state index contributed by atoms with van der Waals surface area (Å²) in [5, 5.41) is 11.5. The van der Waals surface area contributed by atoms with Crippen molar-refractivity contribution in [3.63, 3.8) is 0 Å². The lowest BCUT2D eigenvalue weighted by Gasteiger charge is -2.54. The van der Waals surface area contributed by atoms with Crippen molar-refractivity contribution in [1.29, 1.82) is 0 Å². The molecule has 0 unspecified atom stereocenters. The Labute approximate surface area is 122 Å². The maximum absolute atomic E-state index is 11.4. The Balaban J connectivity index is 2.11. The molecule has 20 heavy (non-hydrogen) atoms. The first-order valence-electron chi connectivity index (χ1n) is 7.92. The lowest BCUT2D eigenvalue weighted by atomic mass is 9.75. The smallest absolute Gasteiger partial charge is 0.306 e. The zero-order valence-electron chi connectivity index (χ0n) is 13.3. The van der Waals surface area contributed by atoms with Crippen molar-refractivity contribution in [2.24, 2.45) is 5.92 Å². The molecule has 0 aromatic carbocycles. The normalized spacial score (nSPS) is 28.4. The van der Waals surface area contributed by atoms with Crippen LogP contribution in [-0.4, -0.2) is 33.3 Å². The van der Waals surface area contributed by atoms with Crippen LogP contribution in [-0.2, 0) is 9.63 Å². The van der Waals surface area contributed by atoms with E-state index in [1.54, 1.807) is 0 Å². The topological polar surface area (TPSA) is 49.8 Å². The first-order valence-corrected chi connectivity index (χ1v) is 7.92. The van der Waals surface area contributed by atoms with Crippen LogP contribution >= 0.6 is 0 Å². The van der Waals surface area contributed by atoms with Crippen LogP contribution in [0.15, 0.2) is 0 Å². The van der Waals surface area contributed by atoms with Crippen LogP contribution in [0.1, 0.15) is 72.6 Å². The van der Waals surface area contributed by atoms with Gasteiger partial charge < -0.3 is 5.11 Å². The molecule has 0 atom stereocenters. The molecule has 1 N–H and O–H groups in total. The monoisotopic (exact) mass is 283 g/mol. The van der Waals surface area contributed by atoms with E-state index in [2.05, 4.69) is 32.8 Å². The second-order valence-electron chi connectivity index (χ2n) is 7.73. The molecule has 1 aliphatic heterocycles. The predicted octanol–water partition coefficient (Wildman–Crippen LogP) is 3.60. The minimum absolute atomic E-state index is 0.234. The van der Waals surface area contributed by atoms with Crippen molar-refractivity contribution in [3.8, 4) is 0 Å². The number of nitrogens with zero attached hydrogens (tertiary/aromatic N) is 1. The molecule has 1 saturated carbocycles. The number of carboxylic acids is 1. The zero-order chi connectivity index (χ0) is 15.0. The van der Waals surface area contributed by atoms with Gasteiger partial charge >= 0.3 is 5.97 Å². The number of carboxylic acid groups (broad SMARTS) is 1. The fraction of sp³-hybridized carbons (Fsp3) is 0.938. The van der Waals surface area contributed by atoms with Gasteiger partial charge in [0, 0.05) is 11.1 Å². The summed E-state index contributed by atoms with van der Waals surface area (Å²) in [6.07, 6.45) is 7.68. The highest BCUT2D eigenvalue weighted by Gasteiger charge is 2.49. The highest BCUT2D eigenvalue weighted by Crippen LogP contribution is 2.42. The van der Waals surface area contributed by atoms with Crippen molar-refractivity contribution in [1.82, 2.24) is 5.06 Å². The van der Waals surface area contributed by atoms with Crippen molar-refractivity contribution in [2.75, 3.05) is 0 Å². The van der Waals surface area contributed by atoms with Crippen LogP contribution in [0.3, 0.4) is 0 Å². The number of carbonyl (C=O) groups is 1. The lowest BCUT2D eigenvalue weighted by Crippen LogP contribution is -2.62. The van der Waals surface area contributed by atoms with E-state index >= 15 is 0 Å². The molecule has 116 valence electrons. The van der Waals surface area contributed by atoms with Gasteiger partial charge in [0.25, 0.3) is 0 Å². The Morgan fingerprint density at radius 2 is 1.55 bits per heavy atom. The fourth-order valence-corrected chi connectivity index (χ4v) is 4.04. The maximum Gasteiger partial charge on any atom is 0.306 e. The van der Waals surface area contributed by atoms with E-state index in [9.17, 15) is 9.90 Å². The summed E-state index contributed by atoms with van der Waals surface area (Å²) in [7, 11) is 0. The highest BCUT2D eigenvalue weighted by atomic mass is 16.7. The molecule has 0 radical (unpaired) electrons. The molecular formula is C16H29NO3. The number of hydrogen-bond acceptors (Lipinski definition) is 3. The molecular weight excluding hydrogens is 254 g/mol. The highest BCUT2D eigenvalue weighted by molar-refractivity contribution is 5.70. The van der Waals surface area contributed by atoms with Gasteiger partial charge in [-0.2, -0.15) is 5.06 Å². The van der Waals surface area contributed by atoms with E-state index in [-0.39, 0.29) is 17.0 Å². The van der Waals surface area contributed by atoms with E-state index in [0.29, 0.717) is 18.9 Å². The Morgan fingerprint density at radius 1 is 1.05 bits per heavy atom. The predicted molar refractivity (Wildman–Crippen MR) is 78.3 cm³/mol. The second kappa shape index (κ2) is 5.64. The van der Waals surface area contributed by atoms with Gasteiger partial charge in [-0.1, -0.05) is 19.3 Å². The maximum atomic E-state index is 11.4. The van der Waals surface area contributed by atoms with Gasteiger partial charge in [-0.25, -0.2) is 0 Å². The third-order valence-electron chi connectivity index (χ3n) is 4.75. The molecule has 1 saturated heterocycles. The molecule has 4 heteroatoms. The summed E-state index contributed by atoms with van der Waals surface area (Å²) in [5.74, 6) is -0.949. The quantitative estimate of drug-likeness (QED) is 0.859. The number of aliphatic carboxylic acids is 1. The van der Waals surface area contributed by atoms with Crippen molar-refractivity contribution >= 4 is 5.97 Å². The van der Waals surface area contributed by atoms with Gasteiger partial charge in [-0.05, 0) is 53.4 Å². The molecule has 1 heterocycles. The molecule has 1 aliphatic carbocycles. The third kappa shape index (κ3) is 3.34. The molecule has 0 aromatic heterocycles. The Kier molecular flexibility index (Phi) is 4.45. The Morgan fingerprint density at radius 3 is 2.00 bits per heavy atom. The molecule has 0 bridgehead atoms. The van der Waals surface area contributed by atoms with Gasteiger partial charge in [0.2, 0.25) is 0 Å². The molecule has 2 aliphatic rings. The number of piperidine rings is 1. The number of rotatable bonds is 3. The zero-order valence-corrected chi connectivity index (χ0v) is 13.3. The summed E-state index contributed by atoms with van der Waals surface area (Å²) >= 11 is 0. The summed E-state index contributed by atoms with van der Waals surface area (Å²) in [6, 6.07) is 0. The second-order valence-corrected chi connectivity index (χ2v) is 7.73. The number of hydroxylamine groups is 2.